The molecule has 0 unspecified atom stereocenters. The number of rotatable bonds is 7. The third-order valence-corrected chi connectivity index (χ3v) is 4.44. The summed E-state index contributed by atoms with van der Waals surface area (Å²) >= 11 is 6.14. The van der Waals surface area contributed by atoms with Gasteiger partial charge < -0.3 is 10.6 Å². The zero-order chi connectivity index (χ0) is 21.7. The molecule has 2 heterocycles. The Balaban J connectivity index is 1.62. The van der Waals surface area contributed by atoms with Gasteiger partial charge in [0.25, 0.3) is 11.2 Å². The average molecular weight is 429 g/mol. The number of nitro groups is 1. The van der Waals surface area contributed by atoms with E-state index in [4.69, 9.17) is 11.6 Å². The van der Waals surface area contributed by atoms with E-state index in [1.165, 1.54) is 30.5 Å². The van der Waals surface area contributed by atoms with E-state index in [2.05, 4.69) is 20.7 Å². The molecule has 0 saturated carbocycles. The van der Waals surface area contributed by atoms with Crippen LogP contribution < -0.4 is 16.2 Å². The Bertz CT molecular complexity index is 1130. The van der Waals surface area contributed by atoms with Gasteiger partial charge in [0, 0.05) is 31.3 Å². The van der Waals surface area contributed by atoms with Gasteiger partial charge in [-0.2, -0.15) is 9.78 Å². The minimum atomic E-state index is -0.594. The largest absolute Gasteiger partial charge is 0.382 e. The zero-order valence-corrected chi connectivity index (χ0v) is 16.6. The molecule has 0 aliphatic heterocycles. The smallest absolute Gasteiger partial charge is 0.292 e. The Labute approximate surface area is 175 Å². The van der Waals surface area contributed by atoms with Gasteiger partial charge >= 0.3 is 0 Å². The summed E-state index contributed by atoms with van der Waals surface area (Å²) in [6.07, 6.45) is 3.13. The van der Waals surface area contributed by atoms with Crippen LogP contribution in [0.5, 0.6) is 0 Å². The number of hydrogen-bond acceptors (Lipinski definition) is 7. The molecule has 154 valence electrons. The molecule has 0 saturated heterocycles. The molecule has 3 rings (SSSR count). The third kappa shape index (κ3) is 4.97. The molecule has 0 radical (unpaired) electrons. The lowest BCUT2D eigenvalue weighted by Gasteiger charge is -2.10. The number of nitrogens with zero attached hydrogens (tertiary/aromatic N) is 4. The van der Waals surface area contributed by atoms with Gasteiger partial charge in [0.1, 0.15) is 10.8 Å². The summed E-state index contributed by atoms with van der Waals surface area (Å²) in [6.45, 7) is 2.12. The number of benzene rings is 1. The lowest BCUT2D eigenvalue weighted by Crippen LogP contribution is -2.23. The van der Waals surface area contributed by atoms with Gasteiger partial charge in [-0.25, -0.2) is 4.98 Å². The van der Waals surface area contributed by atoms with Crippen molar-refractivity contribution in [3.63, 3.8) is 0 Å². The van der Waals surface area contributed by atoms with E-state index in [9.17, 15) is 19.7 Å². The van der Waals surface area contributed by atoms with Crippen molar-refractivity contribution in [1.82, 2.24) is 14.8 Å². The van der Waals surface area contributed by atoms with Crippen molar-refractivity contribution in [2.75, 3.05) is 17.2 Å². The molecule has 11 heteroatoms. The first kappa shape index (κ1) is 20.9. The average Bonchev–Trinajstić information content (AvgIpc) is 2.73. The van der Waals surface area contributed by atoms with Crippen molar-refractivity contribution >= 4 is 34.7 Å². The van der Waals surface area contributed by atoms with E-state index in [-0.39, 0.29) is 35.3 Å². The second-order valence-corrected chi connectivity index (χ2v) is 6.69. The van der Waals surface area contributed by atoms with Gasteiger partial charge in [-0.1, -0.05) is 17.7 Å². The van der Waals surface area contributed by atoms with E-state index in [1.54, 1.807) is 12.3 Å². The lowest BCUT2D eigenvalue weighted by atomic mass is 10.3. The second-order valence-electron chi connectivity index (χ2n) is 6.31. The number of carbonyl (C=O) groups excluding carboxylic acids is 1. The Kier molecular flexibility index (Phi) is 6.38. The molecule has 0 aliphatic rings. The monoisotopic (exact) mass is 428 g/mol. The molecule has 2 N–H and O–H groups in total. The molecule has 30 heavy (non-hydrogen) atoms. The first-order valence-electron chi connectivity index (χ1n) is 8.84. The van der Waals surface area contributed by atoms with Gasteiger partial charge in [0.05, 0.1) is 22.5 Å². The fraction of sp³-hybridized carbons (Fsp3) is 0.158. The van der Waals surface area contributed by atoms with Crippen LogP contribution in [0.15, 0.2) is 53.6 Å². The first-order valence-corrected chi connectivity index (χ1v) is 9.22. The molecule has 3 aromatic rings. The van der Waals surface area contributed by atoms with Crippen molar-refractivity contribution in [3.8, 4) is 5.69 Å². The number of non-ortho nitro benzene ring substituents is 1. The molecule has 10 nitrogen and oxygen atoms in total. The summed E-state index contributed by atoms with van der Waals surface area (Å²) in [7, 11) is 0. The maximum Gasteiger partial charge on any atom is 0.292 e. The maximum absolute atomic E-state index is 12.5. The highest BCUT2D eigenvalue weighted by atomic mass is 35.5. The van der Waals surface area contributed by atoms with Crippen LogP contribution in [0.3, 0.4) is 0 Å². The summed E-state index contributed by atoms with van der Waals surface area (Å²) in [5.74, 6) is 0.207. The predicted octanol–water partition coefficient (Wildman–Crippen LogP) is 2.94. The van der Waals surface area contributed by atoms with Crippen LogP contribution in [0.1, 0.15) is 12.0 Å². The lowest BCUT2D eigenvalue weighted by molar-refractivity contribution is -0.384. The van der Waals surface area contributed by atoms with Crippen LogP contribution in [0.4, 0.5) is 17.2 Å². The van der Waals surface area contributed by atoms with Crippen LogP contribution in [0, 0.1) is 17.0 Å². The second kappa shape index (κ2) is 9.14. The van der Waals surface area contributed by atoms with Crippen LogP contribution in [-0.4, -0.2) is 32.1 Å². The highest BCUT2D eigenvalue weighted by molar-refractivity contribution is 6.32. The summed E-state index contributed by atoms with van der Waals surface area (Å²) < 4.78 is 1.03. The molecule has 1 amide bonds. The minimum absolute atomic E-state index is 0.102. The van der Waals surface area contributed by atoms with Gasteiger partial charge in [0.2, 0.25) is 5.91 Å². The van der Waals surface area contributed by atoms with Gasteiger partial charge in [0.15, 0.2) is 0 Å². The third-order valence-electron chi connectivity index (χ3n) is 4.07. The standard InChI is InChI=1S/C19H17ClN6O4/c1-12-2-7-16(22-10-12)24-17(27)8-9-21-15-11-23-25(19(28)18(15)20)13-3-5-14(6-4-13)26(29)30/h2-7,10-11,21H,8-9H2,1H3,(H,22,24,27). The molecule has 0 spiro atoms. The van der Waals surface area contributed by atoms with E-state index in [0.717, 1.165) is 10.2 Å². The van der Waals surface area contributed by atoms with E-state index < -0.39 is 10.5 Å². The normalized spacial score (nSPS) is 10.5. The zero-order valence-electron chi connectivity index (χ0n) is 15.8. The summed E-state index contributed by atoms with van der Waals surface area (Å²) in [4.78, 5) is 38.8. The predicted molar refractivity (Wildman–Crippen MR) is 112 cm³/mol. The van der Waals surface area contributed by atoms with E-state index >= 15 is 0 Å². The number of aromatic nitrogens is 3. The first-order chi connectivity index (χ1) is 14.3. The number of amides is 1. The SMILES string of the molecule is Cc1ccc(NC(=O)CCNc2cnn(-c3ccc([N+](=O)[O-])cc3)c(=O)c2Cl)nc1. The van der Waals surface area contributed by atoms with Crippen LogP contribution >= 0.6 is 11.6 Å². The Morgan fingerprint density at radius 2 is 1.93 bits per heavy atom. The summed E-state index contributed by atoms with van der Waals surface area (Å²) in [5, 5.41) is 20.2. The number of halogens is 1. The highest BCUT2D eigenvalue weighted by Crippen LogP contribution is 2.18. The number of hydrogen-bond donors (Lipinski definition) is 2. The quantitative estimate of drug-likeness (QED) is 0.436. The summed E-state index contributed by atoms with van der Waals surface area (Å²) in [5.41, 5.74) is 0.907. The van der Waals surface area contributed by atoms with Crippen molar-refractivity contribution in [2.45, 2.75) is 13.3 Å². The number of nitrogens with one attached hydrogen (secondary N) is 2. The highest BCUT2D eigenvalue weighted by Gasteiger charge is 2.12. The van der Waals surface area contributed by atoms with Crippen molar-refractivity contribution in [1.29, 1.82) is 0 Å². The molecule has 2 aromatic heterocycles. The fourth-order valence-electron chi connectivity index (χ4n) is 2.51. The van der Waals surface area contributed by atoms with Crippen LogP contribution in [-0.2, 0) is 4.79 Å². The Morgan fingerprint density at radius 3 is 2.57 bits per heavy atom. The van der Waals surface area contributed by atoms with Crippen molar-refractivity contribution in [2.24, 2.45) is 0 Å². The maximum atomic E-state index is 12.5. The molecule has 1 aromatic carbocycles. The number of aryl methyl sites for hydroxylation is 1. The topological polar surface area (TPSA) is 132 Å². The molecule has 0 fully saturated rings. The Hall–Kier alpha value is -3.79. The number of anilines is 2. The van der Waals surface area contributed by atoms with Gasteiger partial charge in [-0.05, 0) is 30.7 Å². The molecule has 0 aliphatic carbocycles. The molecular formula is C19H17ClN6O4. The Morgan fingerprint density at radius 1 is 1.20 bits per heavy atom. The molecule has 0 atom stereocenters. The van der Waals surface area contributed by atoms with Crippen LogP contribution in [0.25, 0.3) is 5.69 Å². The minimum Gasteiger partial charge on any atom is -0.382 e. The number of nitro benzene ring substituents is 1. The number of pyridine rings is 1. The fourth-order valence-corrected chi connectivity index (χ4v) is 2.71. The van der Waals surface area contributed by atoms with E-state index in [0.29, 0.717) is 11.5 Å². The van der Waals surface area contributed by atoms with Crippen molar-refractivity contribution < 1.29 is 9.72 Å². The van der Waals surface area contributed by atoms with Crippen molar-refractivity contribution in [3.05, 3.63) is 79.8 Å². The molecule has 0 bridgehead atoms. The molecular weight excluding hydrogens is 412 g/mol. The number of carbonyl (C=O) groups is 1. The van der Waals surface area contributed by atoms with Gasteiger partial charge in [-0.15, -0.1) is 0 Å². The van der Waals surface area contributed by atoms with Crippen LogP contribution in [0.2, 0.25) is 5.02 Å². The summed E-state index contributed by atoms with van der Waals surface area (Å²) in [6, 6.07) is 8.89. The van der Waals surface area contributed by atoms with Gasteiger partial charge in [-0.3, -0.25) is 19.7 Å². The van der Waals surface area contributed by atoms with E-state index in [1.807, 2.05) is 13.0 Å².